The molecular weight excluding hydrogens is 330 g/mol. The van der Waals surface area contributed by atoms with Gasteiger partial charge in [-0.15, -0.1) is 11.8 Å². The number of halogens is 1. The van der Waals surface area contributed by atoms with Crippen LogP contribution in [0.25, 0.3) is 0 Å². The summed E-state index contributed by atoms with van der Waals surface area (Å²) in [4.78, 5) is 12.2. The maximum Gasteiger partial charge on any atom is 0.233 e. The van der Waals surface area contributed by atoms with Crippen LogP contribution in [0.4, 0.5) is 0 Å². The van der Waals surface area contributed by atoms with Crippen LogP contribution in [0.15, 0.2) is 48.5 Å². The summed E-state index contributed by atoms with van der Waals surface area (Å²) >= 11 is 7.47. The molecule has 1 amide bonds. The molecule has 23 heavy (non-hydrogen) atoms. The van der Waals surface area contributed by atoms with E-state index in [0.717, 1.165) is 27.7 Å². The number of carbonyl (C=O) groups is 1. The van der Waals surface area contributed by atoms with E-state index < -0.39 is 0 Å². The van der Waals surface area contributed by atoms with Gasteiger partial charge in [-0.1, -0.05) is 41.9 Å². The van der Waals surface area contributed by atoms with Gasteiger partial charge >= 0.3 is 0 Å². The van der Waals surface area contributed by atoms with Gasteiger partial charge in [-0.2, -0.15) is 0 Å². The van der Waals surface area contributed by atoms with Crippen LogP contribution >= 0.6 is 23.4 Å². The molecule has 2 rings (SSSR count). The zero-order valence-electron chi connectivity index (χ0n) is 13.2. The lowest BCUT2D eigenvalue weighted by Gasteiger charge is -2.13. The van der Waals surface area contributed by atoms with E-state index in [1.54, 1.807) is 18.9 Å². The fourth-order valence-corrected chi connectivity index (χ4v) is 3.05. The quantitative estimate of drug-likeness (QED) is 0.810. The van der Waals surface area contributed by atoms with Gasteiger partial charge in [0.05, 0.1) is 12.4 Å². The lowest BCUT2D eigenvalue weighted by atomic mass is 10.2. The zero-order chi connectivity index (χ0) is 16.7. The average Bonchev–Trinajstić information content (AvgIpc) is 2.59. The maximum atomic E-state index is 12.2. The molecule has 5 heteroatoms. The number of rotatable bonds is 7. The van der Waals surface area contributed by atoms with Gasteiger partial charge in [-0.25, -0.2) is 0 Å². The Morgan fingerprint density at radius 2 is 1.91 bits per heavy atom. The first kappa shape index (κ1) is 17.7. The van der Waals surface area contributed by atoms with Crippen LogP contribution in [0.3, 0.4) is 0 Å². The monoisotopic (exact) mass is 349 g/mol. The molecule has 0 saturated heterocycles. The van der Waals surface area contributed by atoms with Crippen molar-refractivity contribution < 1.29 is 9.53 Å². The standard InChI is InChI=1S/C18H20ClNO2S/c1-13(23-12-14-7-9-16(19)10-8-14)18(21)20-11-15-5-3-4-6-17(15)22-2/h3-10,13H,11-12H2,1-2H3,(H,20,21)/t13-/m1/s1. The SMILES string of the molecule is COc1ccccc1CNC(=O)[C@@H](C)SCc1ccc(Cl)cc1. The molecule has 0 fully saturated rings. The first-order valence-corrected chi connectivity index (χ1v) is 8.78. The number of carbonyl (C=O) groups excluding carboxylic acids is 1. The van der Waals surface area contributed by atoms with Crippen molar-refractivity contribution in [1.82, 2.24) is 5.32 Å². The summed E-state index contributed by atoms with van der Waals surface area (Å²) in [6.45, 7) is 2.38. The Morgan fingerprint density at radius 3 is 2.61 bits per heavy atom. The summed E-state index contributed by atoms with van der Waals surface area (Å²) in [6.07, 6.45) is 0. The topological polar surface area (TPSA) is 38.3 Å². The summed E-state index contributed by atoms with van der Waals surface area (Å²) < 4.78 is 5.29. The molecule has 0 aromatic heterocycles. The van der Waals surface area contributed by atoms with E-state index >= 15 is 0 Å². The van der Waals surface area contributed by atoms with Crippen LogP contribution in [-0.2, 0) is 17.1 Å². The Bertz CT molecular complexity index is 646. The maximum absolute atomic E-state index is 12.2. The molecule has 0 saturated carbocycles. The van der Waals surface area contributed by atoms with Crippen molar-refractivity contribution in [2.45, 2.75) is 24.5 Å². The molecule has 2 aromatic rings. The van der Waals surface area contributed by atoms with Crippen molar-refractivity contribution in [2.75, 3.05) is 7.11 Å². The number of ether oxygens (including phenoxy) is 1. The molecule has 1 atom stereocenters. The Balaban J connectivity index is 1.81. The fraction of sp³-hybridized carbons (Fsp3) is 0.278. The molecule has 0 aliphatic carbocycles. The Hall–Kier alpha value is -1.65. The third-order valence-electron chi connectivity index (χ3n) is 3.43. The highest BCUT2D eigenvalue weighted by Crippen LogP contribution is 2.20. The van der Waals surface area contributed by atoms with E-state index in [9.17, 15) is 4.79 Å². The molecule has 0 aliphatic rings. The highest BCUT2D eigenvalue weighted by atomic mass is 35.5. The second kappa shape index (κ2) is 8.85. The van der Waals surface area contributed by atoms with Gasteiger partial charge in [0.1, 0.15) is 5.75 Å². The molecule has 0 unspecified atom stereocenters. The number of nitrogens with one attached hydrogen (secondary N) is 1. The van der Waals surface area contributed by atoms with Crippen LogP contribution < -0.4 is 10.1 Å². The third kappa shape index (κ3) is 5.48. The number of benzene rings is 2. The normalized spacial score (nSPS) is 11.8. The lowest BCUT2D eigenvalue weighted by Crippen LogP contribution is -2.30. The second-order valence-corrected chi connectivity index (χ2v) is 6.87. The van der Waals surface area contributed by atoms with Crippen molar-refractivity contribution in [1.29, 1.82) is 0 Å². The van der Waals surface area contributed by atoms with Gasteiger partial charge in [-0.3, -0.25) is 4.79 Å². The van der Waals surface area contributed by atoms with Gasteiger partial charge in [-0.05, 0) is 30.7 Å². The largest absolute Gasteiger partial charge is 0.496 e. The number of para-hydroxylation sites is 1. The molecule has 122 valence electrons. The highest BCUT2D eigenvalue weighted by Gasteiger charge is 2.14. The van der Waals surface area contributed by atoms with Crippen LogP contribution in [0, 0.1) is 0 Å². The van der Waals surface area contributed by atoms with E-state index in [1.807, 2.05) is 55.5 Å². The first-order valence-electron chi connectivity index (χ1n) is 7.36. The highest BCUT2D eigenvalue weighted by molar-refractivity contribution is 7.99. The predicted molar refractivity (Wildman–Crippen MR) is 97.0 cm³/mol. The summed E-state index contributed by atoms with van der Waals surface area (Å²) in [5, 5.41) is 3.56. The third-order valence-corrected chi connectivity index (χ3v) is 4.89. The Kier molecular flexibility index (Phi) is 6.81. The van der Waals surface area contributed by atoms with Crippen LogP contribution in [-0.4, -0.2) is 18.3 Å². The minimum atomic E-state index is -0.125. The van der Waals surface area contributed by atoms with Gasteiger partial charge in [0.2, 0.25) is 5.91 Å². The van der Waals surface area contributed by atoms with Crippen LogP contribution in [0.5, 0.6) is 5.75 Å². The molecule has 1 N–H and O–H groups in total. The lowest BCUT2D eigenvalue weighted by molar-refractivity contribution is -0.120. The number of hydrogen-bond donors (Lipinski definition) is 1. The smallest absolute Gasteiger partial charge is 0.233 e. The average molecular weight is 350 g/mol. The van der Waals surface area contributed by atoms with Gasteiger partial charge in [0, 0.05) is 22.9 Å². The predicted octanol–water partition coefficient (Wildman–Crippen LogP) is 4.29. The van der Waals surface area contributed by atoms with E-state index in [1.165, 1.54) is 0 Å². The van der Waals surface area contributed by atoms with E-state index in [2.05, 4.69) is 5.32 Å². The molecular formula is C18H20ClNO2S. The summed E-state index contributed by atoms with van der Waals surface area (Å²) in [7, 11) is 1.63. The number of hydrogen-bond acceptors (Lipinski definition) is 3. The fourth-order valence-electron chi connectivity index (χ4n) is 2.05. The summed E-state index contributed by atoms with van der Waals surface area (Å²) in [6, 6.07) is 15.4. The molecule has 0 spiro atoms. The molecule has 0 bridgehead atoms. The number of thioether (sulfide) groups is 1. The van der Waals surface area contributed by atoms with Crippen molar-refractivity contribution in [3.8, 4) is 5.75 Å². The molecule has 3 nitrogen and oxygen atoms in total. The second-order valence-electron chi connectivity index (χ2n) is 5.11. The Labute approximate surface area is 146 Å². The summed E-state index contributed by atoms with van der Waals surface area (Å²) in [5.41, 5.74) is 2.13. The van der Waals surface area contributed by atoms with Gasteiger partial charge in [0.25, 0.3) is 0 Å². The summed E-state index contributed by atoms with van der Waals surface area (Å²) in [5.74, 6) is 1.59. The van der Waals surface area contributed by atoms with Crippen LogP contribution in [0.2, 0.25) is 5.02 Å². The van der Waals surface area contributed by atoms with Crippen molar-refractivity contribution >= 4 is 29.3 Å². The molecule has 0 radical (unpaired) electrons. The van der Waals surface area contributed by atoms with E-state index in [0.29, 0.717) is 6.54 Å². The van der Waals surface area contributed by atoms with Crippen molar-refractivity contribution in [2.24, 2.45) is 0 Å². The van der Waals surface area contributed by atoms with Gasteiger partial charge < -0.3 is 10.1 Å². The van der Waals surface area contributed by atoms with Crippen molar-refractivity contribution in [3.63, 3.8) is 0 Å². The number of methoxy groups -OCH3 is 1. The van der Waals surface area contributed by atoms with E-state index in [-0.39, 0.29) is 11.2 Å². The van der Waals surface area contributed by atoms with Gasteiger partial charge in [0.15, 0.2) is 0 Å². The Morgan fingerprint density at radius 1 is 1.22 bits per heavy atom. The van der Waals surface area contributed by atoms with E-state index in [4.69, 9.17) is 16.3 Å². The molecule has 0 heterocycles. The van der Waals surface area contributed by atoms with Crippen molar-refractivity contribution in [3.05, 3.63) is 64.7 Å². The first-order chi connectivity index (χ1) is 11.1. The zero-order valence-corrected chi connectivity index (χ0v) is 14.8. The minimum Gasteiger partial charge on any atom is -0.496 e. The van der Waals surface area contributed by atoms with Crippen LogP contribution in [0.1, 0.15) is 18.1 Å². The number of amides is 1. The minimum absolute atomic E-state index is 0.0230. The molecule has 2 aromatic carbocycles. The molecule has 0 aliphatic heterocycles.